The van der Waals surface area contributed by atoms with Crippen LogP contribution in [0.4, 0.5) is 0 Å². The maximum atomic E-state index is 5.75. The SMILES string of the molecule is ClC1(Cl)C=CCCC1. The molecule has 0 fully saturated rings. The molecule has 1 aliphatic rings. The Morgan fingerprint density at radius 3 is 2.38 bits per heavy atom. The zero-order valence-corrected chi connectivity index (χ0v) is 6.04. The summed E-state index contributed by atoms with van der Waals surface area (Å²) in [7, 11) is 0. The minimum Gasteiger partial charge on any atom is -0.0970 e. The zero-order chi connectivity index (χ0) is 6.04. The van der Waals surface area contributed by atoms with E-state index in [9.17, 15) is 0 Å². The normalized spacial score (nSPS) is 25.8. The molecule has 0 unspecified atom stereocenters. The zero-order valence-electron chi connectivity index (χ0n) is 4.53. The standard InChI is InChI=1S/C6H8Cl2/c7-6(8)4-2-1-3-5-6/h2,4H,1,3,5H2. The van der Waals surface area contributed by atoms with Crippen LogP contribution >= 0.6 is 23.2 Å². The molecular formula is C6H8Cl2. The molecule has 0 nitrogen and oxygen atoms in total. The van der Waals surface area contributed by atoms with Gasteiger partial charge in [0.1, 0.15) is 4.33 Å². The second-order valence-corrected chi connectivity index (χ2v) is 3.60. The van der Waals surface area contributed by atoms with Crippen LogP contribution in [0.3, 0.4) is 0 Å². The third kappa shape index (κ3) is 1.68. The van der Waals surface area contributed by atoms with E-state index < -0.39 is 4.33 Å². The Morgan fingerprint density at radius 2 is 2.12 bits per heavy atom. The van der Waals surface area contributed by atoms with E-state index in [4.69, 9.17) is 23.2 Å². The summed E-state index contributed by atoms with van der Waals surface area (Å²) in [6.45, 7) is 0. The van der Waals surface area contributed by atoms with E-state index in [2.05, 4.69) is 0 Å². The molecule has 0 atom stereocenters. The molecule has 0 N–H and O–H groups in total. The van der Waals surface area contributed by atoms with Crippen molar-refractivity contribution >= 4 is 23.2 Å². The van der Waals surface area contributed by atoms with Crippen LogP contribution in [0.1, 0.15) is 19.3 Å². The lowest BCUT2D eigenvalue weighted by Crippen LogP contribution is -2.10. The molecule has 0 aromatic carbocycles. The Morgan fingerprint density at radius 1 is 1.38 bits per heavy atom. The van der Waals surface area contributed by atoms with Crippen molar-refractivity contribution in [3.05, 3.63) is 12.2 Å². The van der Waals surface area contributed by atoms with Crippen LogP contribution in [0.2, 0.25) is 0 Å². The number of halogens is 2. The average molecular weight is 151 g/mol. The highest BCUT2D eigenvalue weighted by Gasteiger charge is 2.20. The first kappa shape index (κ1) is 6.44. The molecule has 0 radical (unpaired) electrons. The molecule has 0 saturated heterocycles. The summed E-state index contributed by atoms with van der Waals surface area (Å²) in [4.78, 5) is 0. The molecule has 0 amide bonds. The van der Waals surface area contributed by atoms with Gasteiger partial charge in [-0.1, -0.05) is 35.4 Å². The summed E-state index contributed by atoms with van der Waals surface area (Å²) < 4.78 is -0.557. The maximum Gasteiger partial charge on any atom is 0.136 e. The Balaban J connectivity index is 2.56. The summed E-state index contributed by atoms with van der Waals surface area (Å²) in [5, 5.41) is 0. The van der Waals surface area contributed by atoms with Gasteiger partial charge >= 0.3 is 0 Å². The molecule has 1 rings (SSSR count). The lowest BCUT2D eigenvalue weighted by atomic mass is 10.1. The monoisotopic (exact) mass is 150 g/mol. The number of allylic oxidation sites excluding steroid dienone is 2. The van der Waals surface area contributed by atoms with Gasteiger partial charge in [0, 0.05) is 0 Å². The molecule has 8 heavy (non-hydrogen) atoms. The summed E-state index contributed by atoms with van der Waals surface area (Å²) in [5.74, 6) is 0. The number of alkyl halides is 2. The fourth-order valence-electron chi connectivity index (χ4n) is 0.795. The van der Waals surface area contributed by atoms with Gasteiger partial charge in [0.15, 0.2) is 0 Å². The van der Waals surface area contributed by atoms with Crippen molar-refractivity contribution in [2.24, 2.45) is 0 Å². The first-order chi connectivity index (χ1) is 3.71. The fraction of sp³-hybridized carbons (Fsp3) is 0.667. The van der Waals surface area contributed by atoms with Gasteiger partial charge in [0.25, 0.3) is 0 Å². The van der Waals surface area contributed by atoms with E-state index in [0.717, 1.165) is 19.3 Å². The van der Waals surface area contributed by atoms with Gasteiger partial charge in [-0.3, -0.25) is 0 Å². The quantitative estimate of drug-likeness (QED) is 0.368. The highest BCUT2D eigenvalue weighted by molar-refractivity contribution is 6.49. The molecule has 46 valence electrons. The van der Waals surface area contributed by atoms with Gasteiger partial charge in [0.05, 0.1) is 0 Å². The molecule has 1 aliphatic carbocycles. The summed E-state index contributed by atoms with van der Waals surface area (Å²) in [6.07, 6.45) is 7.03. The van der Waals surface area contributed by atoms with Crippen molar-refractivity contribution in [3.8, 4) is 0 Å². The molecular weight excluding hydrogens is 143 g/mol. The molecule has 0 aliphatic heterocycles. The molecule has 0 bridgehead atoms. The lowest BCUT2D eigenvalue weighted by Gasteiger charge is -2.17. The Kier molecular flexibility index (Phi) is 1.84. The topological polar surface area (TPSA) is 0 Å². The van der Waals surface area contributed by atoms with Crippen molar-refractivity contribution in [2.75, 3.05) is 0 Å². The van der Waals surface area contributed by atoms with Gasteiger partial charge in [-0.15, -0.1) is 0 Å². The lowest BCUT2D eigenvalue weighted by molar-refractivity contribution is 0.700. The van der Waals surface area contributed by atoms with E-state index >= 15 is 0 Å². The Labute approximate surface area is 59.5 Å². The summed E-state index contributed by atoms with van der Waals surface area (Å²) >= 11 is 11.5. The molecule has 0 spiro atoms. The van der Waals surface area contributed by atoms with Crippen molar-refractivity contribution in [3.63, 3.8) is 0 Å². The first-order valence-corrected chi connectivity index (χ1v) is 3.52. The van der Waals surface area contributed by atoms with Crippen molar-refractivity contribution in [1.29, 1.82) is 0 Å². The van der Waals surface area contributed by atoms with E-state index in [1.54, 1.807) is 0 Å². The number of hydrogen-bond acceptors (Lipinski definition) is 0. The third-order valence-electron chi connectivity index (χ3n) is 1.24. The molecule has 0 aromatic rings. The molecule has 0 saturated carbocycles. The van der Waals surface area contributed by atoms with Crippen molar-refractivity contribution in [1.82, 2.24) is 0 Å². The number of rotatable bonds is 0. The second kappa shape index (κ2) is 2.28. The number of hydrogen-bond donors (Lipinski definition) is 0. The van der Waals surface area contributed by atoms with E-state index in [-0.39, 0.29) is 0 Å². The smallest absolute Gasteiger partial charge is 0.0970 e. The maximum absolute atomic E-state index is 5.75. The summed E-state index contributed by atoms with van der Waals surface area (Å²) in [6, 6.07) is 0. The van der Waals surface area contributed by atoms with Gasteiger partial charge in [-0.2, -0.15) is 0 Å². The van der Waals surface area contributed by atoms with E-state index in [1.165, 1.54) is 0 Å². The van der Waals surface area contributed by atoms with Gasteiger partial charge in [-0.05, 0) is 19.3 Å². The van der Waals surface area contributed by atoms with Crippen molar-refractivity contribution < 1.29 is 0 Å². The highest BCUT2D eigenvalue weighted by atomic mass is 35.5. The van der Waals surface area contributed by atoms with E-state index in [0.29, 0.717) is 0 Å². The second-order valence-electron chi connectivity index (χ2n) is 2.06. The van der Waals surface area contributed by atoms with Crippen LogP contribution in [-0.2, 0) is 0 Å². The minimum absolute atomic E-state index is 0.557. The molecule has 0 aromatic heterocycles. The molecule has 0 heterocycles. The highest BCUT2D eigenvalue weighted by Crippen LogP contribution is 2.32. The Bertz CT molecular complexity index is 105. The van der Waals surface area contributed by atoms with Gasteiger partial charge in [-0.25, -0.2) is 0 Å². The van der Waals surface area contributed by atoms with Crippen LogP contribution in [-0.4, -0.2) is 4.33 Å². The van der Waals surface area contributed by atoms with Crippen molar-refractivity contribution in [2.45, 2.75) is 23.6 Å². The van der Waals surface area contributed by atoms with Gasteiger partial charge in [0.2, 0.25) is 0 Å². The van der Waals surface area contributed by atoms with Crippen LogP contribution in [0.15, 0.2) is 12.2 Å². The van der Waals surface area contributed by atoms with Crippen LogP contribution in [0.5, 0.6) is 0 Å². The first-order valence-electron chi connectivity index (χ1n) is 2.76. The summed E-state index contributed by atoms with van der Waals surface area (Å²) in [5.41, 5.74) is 0. The largest absolute Gasteiger partial charge is 0.136 e. The predicted octanol–water partition coefficient (Wildman–Crippen LogP) is 2.90. The Hall–Kier alpha value is 0.320. The molecule has 2 heteroatoms. The fourth-order valence-corrected chi connectivity index (χ4v) is 1.24. The van der Waals surface area contributed by atoms with Gasteiger partial charge < -0.3 is 0 Å². The van der Waals surface area contributed by atoms with Crippen LogP contribution in [0.25, 0.3) is 0 Å². The predicted molar refractivity (Wildman–Crippen MR) is 37.4 cm³/mol. The average Bonchev–Trinajstić information content (AvgIpc) is 1.65. The van der Waals surface area contributed by atoms with Crippen LogP contribution < -0.4 is 0 Å². The minimum atomic E-state index is -0.557. The van der Waals surface area contributed by atoms with E-state index in [1.807, 2.05) is 12.2 Å². The third-order valence-corrected chi connectivity index (χ3v) is 1.87. The van der Waals surface area contributed by atoms with Crippen LogP contribution in [0, 0.1) is 0 Å².